The summed E-state index contributed by atoms with van der Waals surface area (Å²) >= 11 is 1.63. The monoisotopic (exact) mass is 387 g/mol. The summed E-state index contributed by atoms with van der Waals surface area (Å²) in [5.74, 6) is 0.0656. The first kappa shape index (κ1) is 18.8. The van der Waals surface area contributed by atoms with Crippen molar-refractivity contribution in [3.8, 4) is 0 Å². The van der Waals surface area contributed by atoms with Crippen LogP contribution in [0.5, 0.6) is 0 Å². The van der Waals surface area contributed by atoms with E-state index < -0.39 is 15.6 Å². The molecule has 9 heteroatoms. The molecule has 0 unspecified atom stereocenters. The largest absolute Gasteiger partial charge is 0.373 e. The highest BCUT2D eigenvalue weighted by molar-refractivity contribution is 7.88. The summed E-state index contributed by atoms with van der Waals surface area (Å²) in [5.41, 5.74) is 0.491. The van der Waals surface area contributed by atoms with Gasteiger partial charge in [-0.3, -0.25) is 4.79 Å². The number of hydrogen-bond acceptors (Lipinski definition) is 6. The van der Waals surface area contributed by atoms with Crippen LogP contribution in [0.2, 0.25) is 0 Å². The quantitative estimate of drug-likeness (QED) is 0.781. The molecule has 1 spiro atoms. The first-order valence-corrected chi connectivity index (χ1v) is 11.1. The molecule has 2 fully saturated rings. The number of piperidine rings is 1. The maximum absolute atomic E-state index is 12.8. The Morgan fingerprint density at radius 3 is 2.48 bits per heavy atom. The molecule has 0 N–H and O–H groups in total. The van der Waals surface area contributed by atoms with E-state index in [1.54, 1.807) is 11.3 Å². The standard InChI is InChI=1S/C16H25N3O4S2/c1-12-13(2)24-14(17-12)11-18-8-9-23-16(10-15(18)20)4-6-19(7-5-16)25(3,21)22/h4-11H2,1-3H3. The lowest BCUT2D eigenvalue weighted by Gasteiger charge is -2.39. The minimum absolute atomic E-state index is 0.0656. The number of carbonyl (C=O) groups excluding carboxylic acids is 1. The molecule has 0 saturated carbocycles. The Morgan fingerprint density at radius 2 is 1.92 bits per heavy atom. The van der Waals surface area contributed by atoms with Crippen molar-refractivity contribution in [3.05, 3.63) is 15.6 Å². The van der Waals surface area contributed by atoms with Gasteiger partial charge in [-0.05, 0) is 26.7 Å². The van der Waals surface area contributed by atoms with Crippen molar-refractivity contribution in [2.24, 2.45) is 0 Å². The number of aryl methyl sites for hydroxylation is 2. The number of hydrogen-bond donors (Lipinski definition) is 0. The van der Waals surface area contributed by atoms with Gasteiger partial charge in [-0.15, -0.1) is 11.3 Å². The number of thiazole rings is 1. The summed E-state index contributed by atoms with van der Waals surface area (Å²) in [7, 11) is -3.18. The lowest BCUT2D eigenvalue weighted by Crippen LogP contribution is -2.48. The molecule has 3 rings (SSSR count). The van der Waals surface area contributed by atoms with Crippen LogP contribution in [0.4, 0.5) is 0 Å². The molecule has 0 aliphatic carbocycles. The average Bonchev–Trinajstić information content (AvgIpc) is 2.75. The van der Waals surface area contributed by atoms with E-state index in [0.717, 1.165) is 10.7 Å². The van der Waals surface area contributed by atoms with Crippen LogP contribution in [0.15, 0.2) is 0 Å². The molecule has 0 atom stereocenters. The molecular formula is C16H25N3O4S2. The normalized spacial score (nSPS) is 22.4. The number of rotatable bonds is 3. The first-order valence-electron chi connectivity index (χ1n) is 8.48. The number of ether oxygens (including phenoxy) is 1. The van der Waals surface area contributed by atoms with Crippen molar-refractivity contribution in [1.82, 2.24) is 14.2 Å². The highest BCUT2D eigenvalue weighted by Crippen LogP contribution is 2.33. The Balaban J connectivity index is 1.65. The molecule has 1 aromatic rings. The van der Waals surface area contributed by atoms with Crippen LogP contribution in [0.25, 0.3) is 0 Å². The second-order valence-electron chi connectivity index (χ2n) is 6.93. The summed E-state index contributed by atoms with van der Waals surface area (Å²) in [6, 6.07) is 0. The Labute approximate surface area is 153 Å². The van der Waals surface area contributed by atoms with Gasteiger partial charge in [0.05, 0.1) is 37.1 Å². The van der Waals surface area contributed by atoms with Crippen molar-refractivity contribution in [2.45, 2.75) is 45.3 Å². The van der Waals surface area contributed by atoms with Crippen molar-refractivity contribution in [3.63, 3.8) is 0 Å². The minimum atomic E-state index is -3.18. The highest BCUT2D eigenvalue weighted by atomic mass is 32.2. The van der Waals surface area contributed by atoms with Gasteiger partial charge in [0.1, 0.15) is 5.01 Å². The lowest BCUT2D eigenvalue weighted by atomic mass is 9.88. The molecule has 0 bridgehead atoms. The Bertz CT molecular complexity index is 732. The molecule has 140 valence electrons. The van der Waals surface area contributed by atoms with E-state index in [-0.39, 0.29) is 5.91 Å². The molecular weight excluding hydrogens is 362 g/mol. The van der Waals surface area contributed by atoms with E-state index in [2.05, 4.69) is 4.98 Å². The fourth-order valence-corrected chi connectivity index (χ4v) is 5.21. The average molecular weight is 388 g/mol. The summed E-state index contributed by atoms with van der Waals surface area (Å²) < 4.78 is 30.9. The second-order valence-corrected chi connectivity index (χ2v) is 10.2. The van der Waals surface area contributed by atoms with Crippen LogP contribution in [-0.2, 0) is 26.1 Å². The van der Waals surface area contributed by atoms with Crippen LogP contribution in [0, 0.1) is 13.8 Å². The van der Waals surface area contributed by atoms with E-state index >= 15 is 0 Å². The molecule has 25 heavy (non-hydrogen) atoms. The fourth-order valence-electron chi connectivity index (χ4n) is 3.42. The molecule has 3 heterocycles. The zero-order chi connectivity index (χ0) is 18.2. The van der Waals surface area contributed by atoms with Crippen LogP contribution in [0.1, 0.15) is 34.8 Å². The van der Waals surface area contributed by atoms with Crippen molar-refractivity contribution in [2.75, 3.05) is 32.5 Å². The van der Waals surface area contributed by atoms with Crippen LogP contribution >= 0.6 is 11.3 Å². The highest BCUT2D eigenvalue weighted by Gasteiger charge is 2.42. The minimum Gasteiger partial charge on any atom is -0.373 e. The third-order valence-electron chi connectivity index (χ3n) is 5.10. The van der Waals surface area contributed by atoms with Crippen LogP contribution < -0.4 is 0 Å². The van der Waals surface area contributed by atoms with Gasteiger partial charge in [0.25, 0.3) is 0 Å². The topological polar surface area (TPSA) is 79.8 Å². The third kappa shape index (κ3) is 4.21. The van der Waals surface area contributed by atoms with E-state index in [1.165, 1.54) is 15.4 Å². The SMILES string of the molecule is Cc1nc(CN2CCOC3(CCN(S(C)(=O)=O)CC3)CC2=O)sc1C. The number of carbonyl (C=O) groups is 1. The predicted molar refractivity (Wildman–Crippen MR) is 96.0 cm³/mol. The van der Waals surface area contributed by atoms with Gasteiger partial charge >= 0.3 is 0 Å². The number of aromatic nitrogens is 1. The predicted octanol–water partition coefficient (Wildman–Crippen LogP) is 1.30. The van der Waals surface area contributed by atoms with Crippen molar-refractivity contribution in [1.29, 1.82) is 0 Å². The molecule has 1 aromatic heterocycles. The van der Waals surface area contributed by atoms with Gasteiger partial charge < -0.3 is 9.64 Å². The summed E-state index contributed by atoms with van der Waals surface area (Å²) in [6.07, 6.45) is 2.67. The fraction of sp³-hybridized carbons (Fsp3) is 0.750. The zero-order valence-electron chi connectivity index (χ0n) is 14.9. The van der Waals surface area contributed by atoms with E-state index in [4.69, 9.17) is 4.74 Å². The van der Waals surface area contributed by atoms with Gasteiger partial charge in [-0.2, -0.15) is 0 Å². The van der Waals surface area contributed by atoms with E-state index in [9.17, 15) is 13.2 Å². The molecule has 2 aliphatic rings. The van der Waals surface area contributed by atoms with Crippen molar-refractivity contribution < 1.29 is 17.9 Å². The Kier molecular flexibility index (Phi) is 5.21. The van der Waals surface area contributed by atoms with E-state index in [0.29, 0.717) is 52.0 Å². The molecule has 2 saturated heterocycles. The third-order valence-corrected chi connectivity index (χ3v) is 7.46. The number of amides is 1. The molecule has 2 aliphatic heterocycles. The van der Waals surface area contributed by atoms with Gasteiger partial charge in [0.2, 0.25) is 15.9 Å². The molecule has 7 nitrogen and oxygen atoms in total. The second kappa shape index (κ2) is 6.94. The smallest absolute Gasteiger partial charge is 0.225 e. The Hall–Kier alpha value is -1.03. The summed E-state index contributed by atoms with van der Waals surface area (Å²) in [4.78, 5) is 20.3. The molecule has 0 radical (unpaired) electrons. The number of sulfonamides is 1. The van der Waals surface area contributed by atoms with Gasteiger partial charge in [0.15, 0.2) is 0 Å². The summed E-state index contributed by atoms with van der Waals surface area (Å²) in [6.45, 7) is 6.39. The van der Waals surface area contributed by atoms with Gasteiger partial charge in [-0.25, -0.2) is 17.7 Å². The van der Waals surface area contributed by atoms with Crippen LogP contribution in [-0.4, -0.2) is 66.6 Å². The number of nitrogens with zero attached hydrogens (tertiary/aromatic N) is 3. The maximum Gasteiger partial charge on any atom is 0.225 e. The van der Waals surface area contributed by atoms with Gasteiger partial charge in [-0.1, -0.05) is 0 Å². The van der Waals surface area contributed by atoms with Crippen molar-refractivity contribution >= 4 is 27.3 Å². The maximum atomic E-state index is 12.8. The van der Waals surface area contributed by atoms with Gasteiger partial charge in [0, 0.05) is 24.5 Å². The van der Waals surface area contributed by atoms with Crippen LogP contribution in [0.3, 0.4) is 0 Å². The Morgan fingerprint density at radius 1 is 1.24 bits per heavy atom. The molecule has 1 amide bonds. The zero-order valence-corrected chi connectivity index (χ0v) is 16.6. The summed E-state index contributed by atoms with van der Waals surface area (Å²) in [5, 5.41) is 0.950. The molecule has 0 aromatic carbocycles. The lowest BCUT2D eigenvalue weighted by molar-refractivity contribution is -0.135. The first-order chi connectivity index (χ1) is 11.7. The van der Waals surface area contributed by atoms with E-state index in [1.807, 2.05) is 18.7 Å².